The molecule has 1 aliphatic rings. The SMILES string of the molecule is Cl.N#CN1CCC(c2ccccc2)CC1. The number of nitrogens with zero attached hydrogens (tertiary/aromatic N) is 2. The van der Waals surface area contributed by atoms with Gasteiger partial charge in [0, 0.05) is 13.1 Å². The molecule has 0 atom stereocenters. The van der Waals surface area contributed by atoms with Gasteiger partial charge in [0.05, 0.1) is 0 Å². The fourth-order valence-corrected chi connectivity index (χ4v) is 2.04. The predicted octanol–water partition coefficient (Wildman–Crippen LogP) is 2.77. The fraction of sp³-hybridized carbons (Fsp3) is 0.417. The van der Waals surface area contributed by atoms with Crippen molar-refractivity contribution in [3.63, 3.8) is 0 Å². The molecule has 0 unspecified atom stereocenters. The maximum Gasteiger partial charge on any atom is 0.179 e. The second kappa shape index (κ2) is 5.63. The maximum atomic E-state index is 8.72. The first-order valence-electron chi connectivity index (χ1n) is 5.10. The molecule has 0 aliphatic carbocycles. The molecular weight excluding hydrogens is 208 g/mol. The van der Waals surface area contributed by atoms with Gasteiger partial charge in [-0.15, -0.1) is 12.4 Å². The van der Waals surface area contributed by atoms with Gasteiger partial charge in [-0.3, -0.25) is 0 Å². The van der Waals surface area contributed by atoms with Crippen molar-refractivity contribution >= 4 is 12.4 Å². The molecule has 2 nitrogen and oxygen atoms in total. The first-order valence-corrected chi connectivity index (χ1v) is 5.10. The van der Waals surface area contributed by atoms with Crippen LogP contribution in [0.4, 0.5) is 0 Å². The van der Waals surface area contributed by atoms with Crippen molar-refractivity contribution in [1.29, 1.82) is 5.26 Å². The molecule has 1 heterocycles. The molecule has 2 rings (SSSR count). The predicted molar refractivity (Wildman–Crippen MR) is 62.9 cm³/mol. The first-order chi connectivity index (χ1) is 6.90. The quantitative estimate of drug-likeness (QED) is 0.684. The molecule has 80 valence electrons. The standard InChI is InChI=1S/C12H14N2.ClH/c13-10-14-8-6-12(7-9-14)11-4-2-1-3-5-11;/h1-5,12H,6-9H2;1H. The van der Waals surface area contributed by atoms with Crippen LogP contribution in [0.3, 0.4) is 0 Å². The topological polar surface area (TPSA) is 27.0 Å². The van der Waals surface area contributed by atoms with Crippen LogP contribution in [-0.4, -0.2) is 18.0 Å². The highest BCUT2D eigenvalue weighted by molar-refractivity contribution is 5.85. The molecule has 0 saturated carbocycles. The van der Waals surface area contributed by atoms with Gasteiger partial charge < -0.3 is 4.90 Å². The average molecular weight is 223 g/mol. The number of benzene rings is 1. The summed E-state index contributed by atoms with van der Waals surface area (Å²) in [4.78, 5) is 1.85. The van der Waals surface area contributed by atoms with Crippen molar-refractivity contribution in [3.8, 4) is 6.19 Å². The lowest BCUT2D eigenvalue weighted by Gasteiger charge is -2.28. The summed E-state index contributed by atoms with van der Waals surface area (Å²) in [5.74, 6) is 0.654. The highest BCUT2D eigenvalue weighted by atomic mass is 35.5. The van der Waals surface area contributed by atoms with Crippen molar-refractivity contribution in [2.45, 2.75) is 18.8 Å². The van der Waals surface area contributed by atoms with Gasteiger partial charge in [0.1, 0.15) is 0 Å². The van der Waals surface area contributed by atoms with E-state index in [0.29, 0.717) is 5.92 Å². The van der Waals surface area contributed by atoms with Gasteiger partial charge in [-0.25, -0.2) is 0 Å². The summed E-state index contributed by atoms with van der Waals surface area (Å²) < 4.78 is 0. The highest BCUT2D eigenvalue weighted by Gasteiger charge is 2.18. The van der Waals surface area contributed by atoms with E-state index in [-0.39, 0.29) is 12.4 Å². The van der Waals surface area contributed by atoms with Crippen LogP contribution in [-0.2, 0) is 0 Å². The molecule has 0 spiro atoms. The Morgan fingerprint density at radius 3 is 2.27 bits per heavy atom. The lowest BCUT2D eigenvalue weighted by molar-refractivity contribution is 0.295. The van der Waals surface area contributed by atoms with Crippen molar-refractivity contribution in [2.24, 2.45) is 0 Å². The van der Waals surface area contributed by atoms with Crippen LogP contribution < -0.4 is 0 Å². The average Bonchev–Trinajstić information content (AvgIpc) is 2.30. The minimum absolute atomic E-state index is 0. The molecule has 0 amide bonds. The van der Waals surface area contributed by atoms with Gasteiger partial charge in [-0.1, -0.05) is 30.3 Å². The van der Waals surface area contributed by atoms with Gasteiger partial charge in [-0.2, -0.15) is 5.26 Å². The second-order valence-corrected chi connectivity index (χ2v) is 3.77. The highest BCUT2D eigenvalue weighted by Crippen LogP contribution is 2.27. The molecule has 1 aromatic carbocycles. The number of likely N-dealkylation sites (tertiary alicyclic amines) is 1. The largest absolute Gasteiger partial charge is 0.311 e. The molecule has 0 aromatic heterocycles. The number of piperidine rings is 1. The Balaban J connectivity index is 0.00000112. The van der Waals surface area contributed by atoms with Crippen LogP contribution in [0.1, 0.15) is 24.3 Å². The van der Waals surface area contributed by atoms with E-state index in [4.69, 9.17) is 5.26 Å². The van der Waals surface area contributed by atoms with Crippen LogP contribution in [0.25, 0.3) is 0 Å². The Hall–Kier alpha value is -1.20. The first kappa shape index (κ1) is 11.9. The number of hydrogen-bond acceptors (Lipinski definition) is 2. The molecule has 15 heavy (non-hydrogen) atoms. The Bertz CT molecular complexity index is 323. The normalized spacial score (nSPS) is 16.6. The number of nitriles is 1. The molecule has 1 aliphatic heterocycles. The summed E-state index contributed by atoms with van der Waals surface area (Å²) in [5, 5.41) is 8.72. The van der Waals surface area contributed by atoms with Crippen molar-refractivity contribution in [3.05, 3.63) is 35.9 Å². The van der Waals surface area contributed by atoms with E-state index in [9.17, 15) is 0 Å². The monoisotopic (exact) mass is 222 g/mol. The summed E-state index contributed by atoms with van der Waals surface area (Å²) in [7, 11) is 0. The fourth-order valence-electron chi connectivity index (χ4n) is 2.04. The Morgan fingerprint density at radius 2 is 1.73 bits per heavy atom. The molecule has 0 bridgehead atoms. The third kappa shape index (κ3) is 2.87. The lowest BCUT2D eigenvalue weighted by atomic mass is 9.90. The Morgan fingerprint density at radius 1 is 1.13 bits per heavy atom. The summed E-state index contributed by atoms with van der Waals surface area (Å²) in [5.41, 5.74) is 1.42. The second-order valence-electron chi connectivity index (χ2n) is 3.77. The minimum Gasteiger partial charge on any atom is -0.311 e. The Kier molecular flexibility index (Phi) is 4.45. The van der Waals surface area contributed by atoms with Crippen LogP contribution in [0.2, 0.25) is 0 Å². The molecule has 1 fully saturated rings. The van der Waals surface area contributed by atoms with E-state index in [0.717, 1.165) is 25.9 Å². The van der Waals surface area contributed by atoms with Crippen LogP contribution in [0, 0.1) is 11.5 Å². The smallest absolute Gasteiger partial charge is 0.179 e. The van der Waals surface area contributed by atoms with Gasteiger partial charge in [0.25, 0.3) is 0 Å². The number of rotatable bonds is 1. The zero-order chi connectivity index (χ0) is 9.80. The van der Waals surface area contributed by atoms with Crippen molar-refractivity contribution < 1.29 is 0 Å². The van der Waals surface area contributed by atoms with Gasteiger partial charge in [-0.05, 0) is 24.3 Å². The lowest BCUT2D eigenvalue weighted by Crippen LogP contribution is -2.28. The maximum absolute atomic E-state index is 8.72. The molecule has 3 heteroatoms. The van der Waals surface area contributed by atoms with E-state index in [1.54, 1.807) is 0 Å². The van der Waals surface area contributed by atoms with E-state index < -0.39 is 0 Å². The van der Waals surface area contributed by atoms with E-state index >= 15 is 0 Å². The molecule has 1 saturated heterocycles. The van der Waals surface area contributed by atoms with Crippen LogP contribution in [0.15, 0.2) is 30.3 Å². The molecule has 0 N–H and O–H groups in total. The van der Waals surface area contributed by atoms with Crippen LogP contribution >= 0.6 is 12.4 Å². The van der Waals surface area contributed by atoms with Gasteiger partial charge >= 0.3 is 0 Å². The van der Waals surface area contributed by atoms with Gasteiger partial charge in [0.15, 0.2) is 6.19 Å². The van der Waals surface area contributed by atoms with E-state index in [1.165, 1.54) is 5.56 Å². The summed E-state index contributed by atoms with van der Waals surface area (Å²) in [6.07, 6.45) is 4.43. The number of hydrogen-bond donors (Lipinski definition) is 0. The Labute approximate surface area is 96.9 Å². The van der Waals surface area contributed by atoms with Crippen molar-refractivity contribution in [1.82, 2.24) is 4.90 Å². The van der Waals surface area contributed by atoms with Crippen molar-refractivity contribution in [2.75, 3.05) is 13.1 Å². The van der Waals surface area contributed by atoms with Gasteiger partial charge in [0.2, 0.25) is 0 Å². The molecule has 1 aromatic rings. The third-order valence-corrected chi connectivity index (χ3v) is 2.91. The summed E-state index contributed by atoms with van der Waals surface area (Å²) in [6.45, 7) is 1.83. The summed E-state index contributed by atoms with van der Waals surface area (Å²) in [6, 6.07) is 10.6. The zero-order valence-electron chi connectivity index (χ0n) is 8.60. The van der Waals surface area contributed by atoms with E-state index in [1.807, 2.05) is 11.0 Å². The molecular formula is C12H15ClN2. The third-order valence-electron chi connectivity index (χ3n) is 2.91. The minimum atomic E-state index is 0. The summed E-state index contributed by atoms with van der Waals surface area (Å²) >= 11 is 0. The molecule has 0 radical (unpaired) electrons. The zero-order valence-corrected chi connectivity index (χ0v) is 9.41. The van der Waals surface area contributed by atoms with E-state index in [2.05, 4.69) is 30.5 Å². The number of halogens is 1. The van der Waals surface area contributed by atoms with Crippen LogP contribution in [0.5, 0.6) is 0 Å².